The number of nitrogens with zero attached hydrogens (tertiary/aromatic N) is 2. The molecular formula is C23H23N3O2. The summed E-state index contributed by atoms with van der Waals surface area (Å²) in [7, 11) is 0. The first-order chi connectivity index (χ1) is 13.5. The van der Waals surface area contributed by atoms with Crippen molar-refractivity contribution in [3.05, 3.63) is 82.4 Å². The summed E-state index contributed by atoms with van der Waals surface area (Å²) in [5.74, 6) is -0.198. The average molecular weight is 373 g/mol. The van der Waals surface area contributed by atoms with Crippen molar-refractivity contribution in [2.45, 2.75) is 39.0 Å². The Kier molecular flexibility index (Phi) is 4.82. The highest BCUT2D eigenvalue weighted by molar-refractivity contribution is 6.00. The number of hydrogen-bond donors (Lipinski definition) is 1. The fourth-order valence-corrected chi connectivity index (χ4v) is 4.08. The molecule has 2 heterocycles. The summed E-state index contributed by atoms with van der Waals surface area (Å²) >= 11 is 0. The van der Waals surface area contributed by atoms with Crippen molar-refractivity contribution in [1.82, 2.24) is 9.55 Å². The monoisotopic (exact) mass is 373 g/mol. The smallest absolute Gasteiger partial charge is 0.248 e. The highest BCUT2D eigenvalue weighted by atomic mass is 16.1. The second-order valence-electron chi connectivity index (χ2n) is 7.35. The minimum Gasteiger partial charge on any atom is -0.366 e. The van der Waals surface area contributed by atoms with E-state index >= 15 is 0 Å². The highest BCUT2D eigenvalue weighted by Gasteiger charge is 2.24. The molecule has 0 atom stereocenters. The molecule has 2 N–H and O–H groups in total. The molecule has 2 aromatic heterocycles. The van der Waals surface area contributed by atoms with Crippen LogP contribution in [-0.2, 0) is 19.3 Å². The van der Waals surface area contributed by atoms with Crippen LogP contribution in [0.3, 0.4) is 0 Å². The van der Waals surface area contributed by atoms with Crippen LogP contribution in [0.25, 0.3) is 5.69 Å². The van der Waals surface area contributed by atoms with Crippen LogP contribution >= 0.6 is 0 Å². The fourth-order valence-electron chi connectivity index (χ4n) is 4.08. The number of amides is 1. The van der Waals surface area contributed by atoms with Gasteiger partial charge < -0.3 is 10.3 Å². The summed E-state index contributed by atoms with van der Waals surface area (Å²) in [5, 5.41) is 0. The molecule has 4 rings (SSSR count). The van der Waals surface area contributed by atoms with Gasteiger partial charge >= 0.3 is 0 Å². The number of rotatable bonds is 5. The van der Waals surface area contributed by atoms with E-state index in [-0.39, 0.29) is 5.78 Å². The van der Waals surface area contributed by atoms with E-state index in [2.05, 4.69) is 9.55 Å². The fraction of sp³-hybridized carbons (Fsp3) is 0.261. The van der Waals surface area contributed by atoms with Gasteiger partial charge in [0.15, 0.2) is 5.78 Å². The van der Waals surface area contributed by atoms with Crippen molar-refractivity contribution in [2.75, 3.05) is 0 Å². The van der Waals surface area contributed by atoms with E-state index in [1.807, 2.05) is 43.6 Å². The zero-order chi connectivity index (χ0) is 19.7. The molecule has 0 bridgehead atoms. The predicted octanol–water partition coefficient (Wildman–Crippen LogP) is 3.58. The standard InChI is InChI=1S/C23H23N3O2/c1-15-14-26(20-5-2-6-21(27)22(15)20)18-9-10-19(23(24)28)17(12-18)8-7-16-4-3-11-25-13-16/h3-4,9-14H,2,5-8H2,1H3,(H2,24,28). The largest absolute Gasteiger partial charge is 0.366 e. The van der Waals surface area contributed by atoms with Crippen molar-refractivity contribution >= 4 is 11.7 Å². The molecule has 5 heteroatoms. The van der Waals surface area contributed by atoms with Crippen molar-refractivity contribution in [2.24, 2.45) is 5.73 Å². The Morgan fingerprint density at radius 2 is 2.07 bits per heavy atom. The molecule has 0 saturated carbocycles. The minimum absolute atomic E-state index is 0.225. The van der Waals surface area contributed by atoms with Crippen LogP contribution in [-0.4, -0.2) is 21.2 Å². The number of carbonyl (C=O) groups is 2. The van der Waals surface area contributed by atoms with Gasteiger partial charge in [0.1, 0.15) is 0 Å². The van der Waals surface area contributed by atoms with E-state index in [4.69, 9.17) is 5.73 Å². The van der Waals surface area contributed by atoms with Gasteiger partial charge in [0, 0.05) is 47.5 Å². The number of ketones is 1. The second-order valence-corrected chi connectivity index (χ2v) is 7.35. The first-order valence-electron chi connectivity index (χ1n) is 9.60. The summed E-state index contributed by atoms with van der Waals surface area (Å²) in [4.78, 5) is 28.4. The van der Waals surface area contributed by atoms with E-state index in [0.29, 0.717) is 18.4 Å². The number of nitrogens with two attached hydrogens (primary N) is 1. The Labute approximate surface area is 164 Å². The number of fused-ring (bicyclic) bond motifs is 1. The Balaban J connectivity index is 1.72. The van der Waals surface area contributed by atoms with Crippen LogP contribution in [0.2, 0.25) is 0 Å². The van der Waals surface area contributed by atoms with Gasteiger partial charge in [0.2, 0.25) is 5.91 Å². The number of hydrogen-bond acceptors (Lipinski definition) is 3. The topological polar surface area (TPSA) is 78.0 Å². The van der Waals surface area contributed by atoms with Gasteiger partial charge in [-0.15, -0.1) is 0 Å². The quantitative estimate of drug-likeness (QED) is 0.742. The second kappa shape index (κ2) is 7.43. The van der Waals surface area contributed by atoms with Crippen LogP contribution in [0.15, 0.2) is 48.9 Å². The molecule has 0 aliphatic heterocycles. The average Bonchev–Trinajstić information content (AvgIpc) is 3.05. The van der Waals surface area contributed by atoms with Crippen LogP contribution in [0.4, 0.5) is 0 Å². The normalized spacial score (nSPS) is 13.4. The molecule has 142 valence electrons. The maximum absolute atomic E-state index is 12.3. The molecule has 1 amide bonds. The van der Waals surface area contributed by atoms with E-state index in [1.165, 1.54) is 0 Å². The Morgan fingerprint density at radius 3 is 2.82 bits per heavy atom. The summed E-state index contributed by atoms with van der Waals surface area (Å²) < 4.78 is 2.10. The predicted molar refractivity (Wildman–Crippen MR) is 108 cm³/mol. The number of carbonyl (C=O) groups excluding carboxylic acids is 2. The number of aryl methyl sites for hydroxylation is 3. The first-order valence-corrected chi connectivity index (χ1v) is 9.60. The zero-order valence-electron chi connectivity index (χ0n) is 15.9. The molecule has 1 aliphatic rings. The highest BCUT2D eigenvalue weighted by Crippen LogP contribution is 2.29. The van der Waals surface area contributed by atoms with Gasteiger partial charge in [-0.25, -0.2) is 0 Å². The molecule has 5 nitrogen and oxygen atoms in total. The lowest BCUT2D eigenvalue weighted by atomic mass is 9.94. The lowest BCUT2D eigenvalue weighted by Crippen LogP contribution is -2.16. The van der Waals surface area contributed by atoms with Crippen LogP contribution < -0.4 is 5.73 Å². The molecule has 0 saturated heterocycles. The molecule has 0 unspecified atom stereocenters. The molecule has 3 aromatic rings. The van der Waals surface area contributed by atoms with Crippen molar-refractivity contribution in [3.8, 4) is 5.69 Å². The number of aromatic nitrogens is 2. The van der Waals surface area contributed by atoms with Gasteiger partial charge in [-0.1, -0.05) is 6.07 Å². The van der Waals surface area contributed by atoms with E-state index in [0.717, 1.165) is 52.9 Å². The van der Waals surface area contributed by atoms with Crippen LogP contribution in [0, 0.1) is 6.92 Å². The number of Topliss-reactive ketones (excluding diaryl/α,β-unsaturated/α-hetero) is 1. The zero-order valence-corrected chi connectivity index (χ0v) is 15.9. The third kappa shape index (κ3) is 3.36. The minimum atomic E-state index is -0.423. The Hall–Kier alpha value is -3.21. The van der Waals surface area contributed by atoms with Gasteiger partial charge in [0.05, 0.1) is 0 Å². The lowest BCUT2D eigenvalue weighted by molar-refractivity contribution is 0.0969. The van der Waals surface area contributed by atoms with Gasteiger partial charge in [0.25, 0.3) is 0 Å². The third-order valence-corrected chi connectivity index (χ3v) is 5.43. The summed E-state index contributed by atoms with van der Waals surface area (Å²) in [6.07, 6.45) is 9.47. The van der Waals surface area contributed by atoms with Gasteiger partial charge in [-0.3, -0.25) is 14.6 Å². The third-order valence-electron chi connectivity index (χ3n) is 5.43. The van der Waals surface area contributed by atoms with E-state index in [9.17, 15) is 9.59 Å². The Bertz CT molecular complexity index is 1050. The molecule has 0 spiro atoms. The maximum Gasteiger partial charge on any atom is 0.248 e. The maximum atomic E-state index is 12.3. The van der Waals surface area contributed by atoms with Gasteiger partial charge in [-0.05, 0) is 73.6 Å². The summed E-state index contributed by atoms with van der Waals surface area (Å²) in [6.45, 7) is 1.99. The van der Waals surface area contributed by atoms with Crippen LogP contribution in [0.1, 0.15) is 55.9 Å². The molecule has 1 aromatic carbocycles. The molecule has 0 fully saturated rings. The van der Waals surface area contributed by atoms with E-state index in [1.54, 1.807) is 12.3 Å². The molecule has 0 radical (unpaired) electrons. The lowest BCUT2D eigenvalue weighted by Gasteiger charge is -2.17. The van der Waals surface area contributed by atoms with Crippen molar-refractivity contribution in [3.63, 3.8) is 0 Å². The number of primary amides is 1. The van der Waals surface area contributed by atoms with Crippen molar-refractivity contribution in [1.29, 1.82) is 0 Å². The number of pyridine rings is 1. The van der Waals surface area contributed by atoms with Gasteiger partial charge in [-0.2, -0.15) is 0 Å². The van der Waals surface area contributed by atoms with Crippen molar-refractivity contribution < 1.29 is 9.59 Å². The molecular weight excluding hydrogens is 350 g/mol. The van der Waals surface area contributed by atoms with E-state index < -0.39 is 5.91 Å². The Morgan fingerprint density at radius 1 is 1.21 bits per heavy atom. The number of benzene rings is 1. The first kappa shape index (κ1) is 18.2. The van der Waals surface area contributed by atoms with Crippen LogP contribution in [0.5, 0.6) is 0 Å². The summed E-state index contributed by atoms with van der Waals surface area (Å²) in [6, 6.07) is 9.66. The summed E-state index contributed by atoms with van der Waals surface area (Å²) in [5.41, 5.74) is 12.1. The molecule has 28 heavy (non-hydrogen) atoms. The SMILES string of the molecule is Cc1cn(-c2ccc(C(N)=O)c(CCc3cccnc3)c2)c2c1C(=O)CCC2. The molecule has 1 aliphatic carbocycles.